The highest BCUT2D eigenvalue weighted by atomic mass is 79.9. The second-order valence-electron chi connectivity index (χ2n) is 4.95. The Morgan fingerprint density at radius 3 is 2.90 bits per heavy atom. The third-order valence-corrected chi connectivity index (χ3v) is 5.15. The molecule has 0 saturated carbocycles. The average Bonchev–Trinajstić information content (AvgIpc) is 2.75. The number of anilines is 2. The van der Waals surface area contributed by atoms with Crippen LogP contribution in [0, 0.1) is 0 Å². The summed E-state index contributed by atoms with van der Waals surface area (Å²) in [6.07, 6.45) is 2.40. The van der Waals surface area contributed by atoms with Gasteiger partial charge in [-0.25, -0.2) is 0 Å². The van der Waals surface area contributed by atoms with E-state index in [0.717, 1.165) is 28.7 Å². The zero-order chi connectivity index (χ0) is 14.1. The van der Waals surface area contributed by atoms with Crippen molar-refractivity contribution < 1.29 is 4.79 Å². The number of aryl methyl sites for hydroxylation is 1. The number of thiophene rings is 1. The molecule has 3 rings (SSSR count). The summed E-state index contributed by atoms with van der Waals surface area (Å²) < 4.78 is 1.07. The highest BCUT2D eigenvalue weighted by Gasteiger charge is 2.22. The minimum atomic E-state index is 0.193. The Kier molecular flexibility index (Phi) is 3.81. The Bertz CT molecular complexity index is 653. The Morgan fingerprint density at radius 2 is 2.15 bits per heavy atom. The Morgan fingerprint density at radius 1 is 1.30 bits per heavy atom. The van der Waals surface area contributed by atoms with Gasteiger partial charge in [0.05, 0.1) is 6.54 Å². The Balaban J connectivity index is 1.97. The van der Waals surface area contributed by atoms with Crippen molar-refractivity contribution in [1.82, 2.24) is 0 Å². The number of carbonyl (C=O) groups is 1. The van der Waals surface area contributed by atoms with Crippen molar-refractivity contribution in [2.24, 2.45) is 0 Å². The molecule has 0 aliphatic carbocycles. The van der Waals surface area contributed by atoms with Crippen molar-refractivity contribution in [2.45, 2.75) is 25.8 Å². The first kappa shape index (κ1) is 13.6. The smallest absolute Gasteiger partial charge is 0.227 e. The number of carbonyl (C=O) groups excluding carboxylic acids is 1. The lowest BCUT2D eigenvalue weighted by Gasteiger charge is -2.22. The fourth-order valence-corrected chi connectivity index (χ4v) is 3.97. The van der Waals surface area contributed by atoms with E-state index in [1.807, 2.05) is 28.5 Å². The molecule has 1 aromatic carbocycles. The molecular weight excluding hydrogens is 336 g/mol. The first-order chi connectivity index (χ1) is 9.63. The zero-order valence-electron chi connectivity index (χ0n) is 10.9. The minimum Gasteiger partial charge on any atom is -0.399 e. The fourth-order valence-electron chi connectivity index (χ4n) is 2.53. The van der Waals surface area contributed by atoms with Crippen LogP contribution in [0.3, 0.4) is 0 Å². The molecule has 3 nitrogen and oxygen atoms in total. The van der Waals surface area contributed by atoms with E-state index in [4.69, 9.17) is 5.73 Å². The van der Waals surface area contributed by atoms with E-state index in [2.05, 4.69) is 22.0 Å². The molecule has 2 heterocycles. The van der Waals surface area contributed by atoms with Crippen molar-refractivity contribution in [3.63, 3.8) is 0 Å². The standard InChI is InChI=1S/C15H15BrN2OS/c16-11-7-13(20-9-11)8-18-14-5-4-12(17)6-10(14)2-1-3-15(18)19/h4-7,9H,1-3,8,17H2. The molecule has 0 unspecified atom stereocenters. The molecule has 0 fully saturated rings. The summed E-state index contributed by atoms with van der Waals surface area (Å²) in [4.78, 5) is 15.4. The van der Waals surface area contributed by atoms with E-state index in [9.17, 15) is 4.79 Å². The van der Waals surface area contributed by atoms with Gasteiger partial charge < -0.3 is 10.6 Å². The van der Waals surface area contributed by atoms with Crippen LogP contribution in [0.15, 0.2) is 34.1 Å². The van der Waals surface area contributed by atoms with Crippen molar-refractivity contribution in [1.29, 1.82) is 0 Å². The van der Waals surface area contributed by atoms with Crippen LogP contribution in [-0.4, -0.2) is 5.91 Å². The SMILES string of the molecule is Nc1ccc2c(c1)CCCC(=O)N2Cc1cc(Br)cs1. The maximum Gasteiger partial charge on any atom is 0.227 e. The number of hydrogen-bond donors (Lipinski definition) is 1. The molecule has 1 amide bonds. The first-order valence-corrected chi connectivity index (χ1v) is 8.22. The maximum absolute atomic E-state index is 12.4. The van der Waals surface area contributed by atoms with Gasteiger partial charge in [0.1, 0.15) is 0 Å². The number of nitrogens with zero attached hydrogens (tertiary/aromatic N) is 1. The largest absolute Gasteiger partial charge is 0.399 e. The van der Waals surface area contributed by atoms with Gasteiger partial charge in [-0.05, 0) is 58.6 Å². The number of rotatable bonds is 2. The lowest BCUT2D eigenvalue weighted by Crippen LogP contribution is -2.29. The van der Waals surface area contributed by atoms with Gasteiger partial charge in [-0.2, -0.15) is 0 Å². The first-order valence-electron chi connectivity index (χ1n) is 6.55. The van der Waals surface area contributed by atoms with Gasteiger partial charge in [0, 0.05) is 32.5 Å². The normalized spacial score (nSPS) is 15.1. The molecule has 5 heteroatoms. The summed E-state index contributed by atoms with van der Waals surface area (Å²) >= 11 is 5.12. The molecular formula is C15H15BrN2OS. The van der Waals surface area contributed by atoms with Crippen LogP contribution >= 0.6 is 27.3 Å². The molecule has 0 spiro atoms. The summed E-state index contributed by atoms with van der Waals surface area (Å²) in [5.74, 6) is 0.193. The Hall–Kier alpha value is -1.33. The van der Waals surface area contributed by atoms with Crippen molar-refractivity contribution in [3.05, 3.63) is 44.6 Å². The number of hydrogen-bond acceptors (Lipinski definition) is 3. The van der Waals surface area contributed by atoms with Crippen LogP contribution in [0.1, 0.15) is 23.3 Å². The fraction of sp³-hybridized carbons (Fsp3) is 0.267. The van der Waals surface area contributed by atoms with Crippen molar-refractivity contribution >= 4 is 44.5 Å². The van der Waals surface area contributed by atoms with Crippen LogP contribution in [0.5, 0.6) is 0 Å². The average molecular weight is 351 g/mol. The molecule has 1 aromatic heterocycles. The van der Waals surface area contributed by atoms with Gasteiger partial charge in [0.2, 0.25) is 5.91 Å². The molecule has 1 aliphatic heterocycles. The highest BCUT2D eigenvalue weighted by molar-refractivity contribution is 9.10. The van der Waals surface area contributed by atoms with Crippen LogP contribution < -0.4 is 10.6 Å². The van der Waals surface area contributed by atoms with Crippen LogP contribution in [0.4, 0.5) is 11.4 Å². The van der Waals surface area contributed by atoms with Crippen molar-refractivity contribution in [2.75, 3.05) is 10.6 Å². The molecule has 0 atom stereocenters. The third kappa shape index (κ3) is 2.74. The van der Waals surface area contributed by atoms with Gasteiger partial charge in [0.25, 0.3) is 0 Å². The van der Waals surface area contributed by atoms with Gasteiger partial charge in [-0.15, -0.1) is 11.3 Å². The van der Waals surface area contributed by atoms with E-state index >= 15 is 0 Å². The van der Waals surface area contributed by atoms with E-state index < -0.39 is 0 Å². The van der Waals surface area contributed by atoms with Gasteiger partial charge >= 0.3 is 0 Å². The minimum absolute atomic E-state index is 0.193. The molecule has 2 N–H and O–H groups in total. The third-order valence-electron chi connectivity index (χ3n) is 3.47. The van der Waals surface area contributed by atoms with Crippen LogP contribution in [0.25, 0.3) is 0 Å². The number of nitrogen functional groups attached to an aromatic ring is 1. The van der Waals surface area contributed by atoms with E-state index in [-0.39, 0.29) is 5.91 Å². The van der Waals surface area contributed by atoms with Gasteiger partial charge in [-0.1, -0.05) is 0 Å². The summed E-state index contributed by atoms with van der Waals surface area (Å²) in [6.45, 7) is 0.631. The molecule has 0 bridgehead atoms. The molecule has 0 radical (unpaired) electrons. The second kappa shape index (κ2) is 5.58. The lowest BCUT2D eigenvalue weighted by atomic mass is 10.1. The molecule has 2 aromatic rings. The second-order valence-corrected chi connectivity index (χ2v) is 6.86. The van der Waals surface area contributed by atoms with E-state index in [1.54, 1.807) is 11.3 Å². The van der Waals surface area contributed by atoms with Crippen LogP contribution in [0.2, 0.25) is 0 Å². The number of halogens is 1. The number of fused-ring (bicyclic) bond motifs is 1. The maximum atomic E-state index is 12.4. The summed E-state index contributed by atoms with van der Waals surface area (Å²) in [5.41, 5.74) is 8.80. The molecule has 20 heavy (non-hydrogen) atoms. The number of nitrogens with two attached hydrogens (primary N) is 1. The molecule has 0 saturated heterocycles. The summed E-state index contributed by atoms with van der Waals surface area (Å²) in [5, 5.41) is 2.04. The van der Waals surface area contributed by atoms with E-state index in [1.165, 1.54) is 10.4 Å². The van der Waals surface area contributed by atoms with Gasteiger partial charge in [-0.3, -0.25) is 4.79 Å². The highest BCUT2D eigenvalue weighted by Crippen LogP contribution is 2.31. The van der Waals surface area contributed by atoms with Crippen LogP contribution in [-0.2, 0) is 17.8 Å². The lowest BCUT2D eigenvalue weighted by molar-refractivity contribution is -0.118. The molecule has 1 aliphatic rings. The van der Waals surface area contributed by atoms with Gasteiger partial charge in [0.15, 0.2) is 0 Å². The van der Waals surface area contributed by atoms with E-state index in [0.29, 0.717) is 13.0 Å². The topological polar surface area (TPSA) is 46.3 Å². The van der Waals surface area contributed by atoms with Crippen molar-refractivity contribution in [3.8, 4) is 0 Å². The zero-order valence-corrected chi connectivity index (χ0v) is 13.3. The number of amides is 1. The predicted octanol–water partition coefficient (Wildman–Crippen LogP) is 3.96. The molecule has 104 valence electrons. The Labute approximate surface area is 130 Å². The monoisotopic (exact) mass is 350 g/mol. The predicted molar refractivity (Wildman–Crippen MR) is 87.0 cm³/mol. The number of benzene rings is 1. The summed E-state index contributed by atoms with van der Waals surface area (Å²) in [7, 11) is 0. The quantitative estimate of drug-likeness (QED) is 0.833. The summed E-state index contributed by atoms with van der Waals surface area (Å²) in [6, 6.07) is 7.90.